The second kappa shape index (κ2) is 9.05. The van der Waals surface area contributed by atoms with Crippen LogP contribution in [-0.2, 0) is 27.4 Å². The summed E-state index contributed by atoms with van der Waals surface area (Å²) in [6, 6.07) is 15.5. The second-order valence-corrected chi connectivity index (χ2v) is 9.03. The number of nitrogens with two attached hydrogens (primary N) is 1. The van der Waals surface area contributed by atoms with Crippen molar-refractivity contribution in [2.24, 2.45) is 11.7 Å². The molecule has 5 rings (SSSR count). The lowest BCUT2D eigenvalue weighted by Crippen LogP contribution is -2.52. The van der Waals surface area contributed by atoms with Gasteiger partial charge in [0.15, 0.2) is 0 Å². The van der Waals surface area contributed by atoms with E-state index in [2.05, 4.69) is 22.8 Å². The SMILES string of the molecule is N[C@@H]1COC[C@H]1C(NCc1ccc2c(c1)C(=O)N(C1CCC(=O)NC1=O)C2)c1ccccc1. The Morgan fingerprint density at radius 2 is 1.94 bits per heavy atom. The molecular weight excluding hydrogens is 420 g/mol. The number of hydrogen-bond donors (Lipinski definition) is 3. The highest BCUT2D eigenvalue weighted by molar-refractivity contribution is 6.05. The number of fused-ring (bicyclic) bond motifs is 1. The summed E-state index contributed by atoms with van der Waals surface area (Å²) >= 11 is 0. The largest absolute Gasteiger partial charge is 0.379 e. The fraction of sp³-hybridized carbons (Fsp3) is 0.400. The second-order valence-electron chi connectivity index (χ2n) is 9.03. The van der Waals surface area contributed by atoms with Gasteiger partial charge in [0, 0.05) is 43.1 Å². The van der Waals surface area contributed by atoms with E-state index in [4.69, 9.17) is 10.5 Å². The van der Waals surface area contributed by atoms with Crippen molar-refractivity contribution in [3.8, 4) is 0 Å². The third kappa shape index (κ3) is 4.29. The third-order valence-corrected chi connectivity index (χ3v) is 6.88. The van der Waals surface area contributed by atoms with Crippen molar-refractivity contribution in [1.82, 2.24) is 15.5 Å². The van der Waals surface area contributed by atoms with Crippen molar-refractivity contribution in [2.75, 3.05) is 13.2 Å². The first kappa shape index (κ1) is 21.8. The standard InChI is InChI=1S/C25H28N4O4/c26-20-14-33-13-19(20)23(16-4-2-1-3-5-16)27-11-15-6-7-17-12-29(25(32)18(17)10-15)21-8-9-22(30)28-24(21)31/h1-7,10,19-21,23,27H,8-9,11-14,26H2,(H,28,30,31)/t19-,20-,21?,23?/m1/s1. The molecule has 172 valence electrons. The van der Waals surface area contributed by atoms with Gasteiger partial charge in [0.2, 0.25) is 11.8 Å². The van der Waals surface area contributed by atoms with Crippen LogP contribution in [0, 0.1) is 5.92 Å². The van der Waals surface area contributed by atoms with E-state index >= 15 is 0 Å². The minimum Gasteiger partial charge on any atom is -0.379 e. The molecule has 4 N–H and O–H groups in total. The number of nitrogens with zero attached hydrogens (tertiary/aromatic N) is 1. The molecule has 4 atom stereocenters. The first-order valence-electron chi connectivity index (χ1n) is 11.4. The average Bonchev–Trinajstić information content (AvgIpc) is 3.38. The highest BCUT2D eigenvalue weighted by atomic mass is 16.5. The quantitative estimate of drug-likeness (QED) is 0.574. The minimum atomic E-state index is -0.601. The molecule has 0 aromatic heterocycles. The third-order valence-electron chi connectivity index (χ3n) is 6.88. The fourth-order valence-corrected chi connectivity index (χ4v) is 5.05. The Hall–Kier alpha value is -3.07. The molecule has 3 amide bonds. The molecule has 8 nitrogen and oxygen atoms in total. The van der Waals surface area contributed by atoms with Gasteiger partial charge in [-0.05, 0) is 29.2 Å². The zero-order valence-corrected chi connectivity index (χ0v) is 18.3. The zero-order chi connectivity index (χ0) is 22.9. The summed E-state index contributed by atoms with van der Waals surface area (Å²) in [6.45, 7) is 2.12. The van der Waals surface area contributed by atoms with Gasteiger partial charge in [0.05, 0.1) is 13.2 Å². The number of rotatable bonds is 6. The predicted molar refractivity (Wildman–Crippen MR) is 121 cm³/mol. The first-order valence-corrected chi connectivity index (χ1v) is 11.4. The Labute approximate surface area is 192 Å². The maximum atomic E-state index is 13.1. The molecule has 3 heterocycles. The van der Waals surface area contributed by atoms with Crippen molar-refractivity contribution in [2.45, 2.75) is 44.1 Å². The van der Waals surface area contributed by atoms with Gasteiger partial charge >= 0.3 is 0 Å². The van der Waals surface area contributed by atoms with Crippen molar-refractivity contribution < 1.29 is 19.1 Å². The molecule has 2 fully saturated rings. The number of carbonyl (C=O) groups is 3. The maximum absolute atomic E-state index is 13.1. The lowest BCUT2D eigenvalue weighted by Gasteiger charge is -2.29. The average molecular weight is 449 g/mol. The smallest absolute Gasteiger partial charge is 0.255 e. The minimum absolute atomic E-state index is 0.0348. The van der Waals surface area contributed by atoms with E-state index in [1.807, 2.05) is 36.4 Å². The molecule has 8 heteroatoms. The molecule has 0 bridgehead atoms. The number of nitrogens with one attached hydrogen (secondary N) is 2. The summed E-state index contributed by atoms with van der Waals surface area (Å²) < 4.78 is 5.61. The van der Waals surface area contributed by atoms with Crippen LogP contribution in [0.25, 0.3) is 0 Å². The van der Waals surface area contributed by atoms with E-state index < -0.39 is 11.9 Å². The highest BCUT2D eigenvalue weighted by Gasteiger charge is 2.39. The van der Waals surface area contributed by atoms with Gasteiger partial charge in [-0.3, -0.25) is 19.7 Å². The van der Waals surface area contributed by atoms with E-state index in [9.17, 15) is 14.4 Å². The van der Waals surface area contributed by atoms with E-state index in [1.54, 1.807) is 4.90 Å². The Bertz CT molecular complexity index is 1070. The van der Waals surface area contributed by atoms with E-state index in [0.29, 0.717) is 38.3 Å². The van der Waals surface area contributed by atoms with Gasteiger partial charge in [-0.2, -0.15) is 0 Å². The van der Waals surface area contributed by atoms with Gasteiger partial charge in [-0.15, -0.1) is 0 Å². The van der Waals surface area contributed by atoms with Crippen molar-refractivity contribution in [3.63, 3.8) is 0 Å². The predicted octanol–water partition coefficient (Wildman–Crippen LogP) is 1.25. The number of benzene rings is 2. The van der Waals surface area contributed by atoms with Crippen LogP contribution in [0.5, 0.6) is 0 Å². The van der Waals surface area contributed by atoms with Crippen LogP contribution in [0.1, 0.15) is 45.9 Å². The fourth-order valence-electron chi connectivity index (χ4n) is 5.05. The summed E-state index contributed by atoms with van der Waals surface area (Å²) in [5, 5.41) is 5.97. The highest BCUT2D eigenvalue weighted by Crippen LogP contribution is 2.30. The molecule has 3 aliphatic heterocycles. The normalized spacial score (nSPS) is 25.8. The van der Waals surface area contributed by atoms with Gasteiger partial charge < -0.3 is 20.7 Å². The molecule has 0 radical (unpaired) electrons. The number of amides is 3. The lowest BCUT2D eigenvalue weighted by molar-refractivity contribution is -0.136. The van der Waals surface area contributed by atoms with Gasteiger partial charge in [-0.1, -0.05) is 42.5 Å². The summed E-state index contributed by atoms with van der Waals surface area (Å²) in [4.78, 5) is 38.4. The Morgan fingerprint density at radius 3 is 2.67 bits per heavy atom. The van der Waals surface area contributed by atoms with Gasteiger partial charge in [-0.25, -0.2) is 0 Å². The van der Waals surface area contributed by atoms with E-state index in [1.165, 1.54) is 0 Å². The summed E-state index contributed by atoms with van der Waals surface area (Å²) in [6.07, 6.45) is 0.612. The number of hydrogen-bond acceptors (Lipinski definition) is 6. The molecule has 33 heavy (non-hydrogen) atoms. The van der Waals surface area contributed by atoms with Crippen LogP contribution in [0.2, 0.25) is 0 Å². The molecule has 0 spiro atoms. The maximum Gasteiger partial charge on any atom is 0.255 e. The summed E-state index contributed by atoms with van der Waals surface area (Å²) in [5.74, 6) is -0.678. The Balaban J connectivity index is 1.31. The van der Waals surface area contributed by atoms with Crippen molar-refractivity contribution in [3.05, 3.63) is 70.8 Å². The van der Waals surface area contributed by atoms with Crippen LogP contribution < -0.4 is 16.4 Å². The molecule has 3 aliphatic rings. The summed E-state index contributed by atoms with van der Waals surface area (Å²) in [5.41, 5.74) is 9.98. The number of carbonyl (C=O) groups excluding carboxylic acids is 3. The number of imide groups is 1. The molecular formula is C25H28N4O4. The Morgan fingerprint density at radius 1 is 1.12 bits per heavy atom. The molecule has 2 unspecified atom stereocenters. The monoisotopic (exact) mass is 448 g/mol. The Kier molecular flexibility index (Phi) is 5.97. The van der Waals surface area contributed by atoms with Gasteiger partial charge in [0.25, 0.3) is 5.91 Å². The molecule has 0 saturated carbocycles. The van der Waals surface area contributed by atoms with Crippen LogP contribution in [0.3, 0.4) is 0 Å². The van der Waals surface area contributed by atoms with Crippen LogP contribution in [-0.4, -0.2) is 47.9 Å². The van der Waals surface area contributed by atoms with Gasteiger partial charge in [0.1, 0.15) is 6.04 Å². The van der Waals surface area contributed by atoms with E-state index in [0.717, 1.165) is 16.7 Å². The van der Waals surface area contributed by atoms with Crippen molar-refractivity contribution in [1.29, 1.82) is 0 Å². The number of ether oxygens (including phenoxy) is 1. The first-order chi connectivity index (χ1) is 16.0. The zero-order valence-electron chi connectivity index (χ0n) is 18.3. The van der Waals surface area contributed by atoms with E-state index in [-0.39, 0.29) is 36.2 Å². The molecule has 2 saturated heterocycles. The van der Waals surface area contributed by atoms with Crippen LogP contribution in [0.15, 0.2) is 48.5 Å². The lowest BCUT2D eigenvalue weighted by atomic mass is 9.89. The number of piperidine rings is 1. The van der Waals surface area contributed by atoms with Crippen LogP contribution in [0.4, 0.5) is 0 Å². The van der Waals surface area contributed by atoms with Crippen LogP contribution >= 0.6 is 0 Å². The molecule has 0 aliphatic carbocycles. The topological polar surface area (TPSA) is 114 Å². The van der Waals surface area contributed by atoms with Crippen molar-refractivity contribution >= 4 is 17.7 Å². The molecule has 2 aromatic rings. The summed E-state index contributed by atoms with van der Waals surface area (Å²) in [7, 11) is 0. The molecule has 2 aromatic carbocycles.